The van der Waals surface area contributed by atoms with E-state index in [4.69, 9.17) is 28.4 Å². The van der Waals surface area contributed by atoms with E-state index in [0.29, 0.717) is 26.2 Å². The van der Waals surface area contributed by atoms with Crippen LogP contribution in [0.2, 0.25) is 0 Å². The molecule has 3 fully saturated rings. The maximum Gasteiger partial charge on any atom is 0.302 e. The van der Waals surface area contributed by atoms with E-state index in [0.717, 1.165) is 18.4 Å². The van der Waals surface area contributed by atoms with Crippen molar-refractivity contribution in [2.24, 2.45) is 0 Å². The van der Waals surface area contributed by atoms with Crippen LogP contribution in [0.1, 0.15) is 58.4 Å². The summed E-state index contributed by atoms with van der Waals surface area (Å²) in [6, 6.07) is 9.79. The molecule has 0 bridgehead atoms. The van der Waals surface area contributed by atoms with E-state index in [1.807, 2.05) is 44.2 Å². The summed E-state index contributed by atoms with van der Waals surface area (Å²) in [6.07, 6.45) is -1.22. The molecule has 4 rings (SSSR count). The van der Waals surface area contributed by atoms with Gasteiger partial charge in [-0.25, -0.2) is 0 Å². The molecule has 3 saturated heterocycles. The Kier molecular flexibility index (Phi) is 8.90. The van der Waals surface area contributed by atoms with Crippen molar-refractivity contribution >= 4 is 17.5 Å². The molecule has 0 aliphatic carbocycles. The molecular formula is C27H36O9. The SMILES string of the molecule is CC(=O)O[C@@H]1C[C@@H]2OC(C)(C)OC[C@H]2O[C@H]1CC(=O)C(=O)C[C@H]1OCCC[C@@H]1OCc1ccccc1. The normalized spacial score (nSPS) is 31.8. The molecule has 1 aromatic rings. The summed E-state index contributed by atoms with van der Waals surface area (Å²) in [5.74, 6) is -2.38. The van der Waals surface area contributed by atoms with E-state index in [1.54, 1.807) is 0 Å². The first kappa shape index (κ1) is 26.9. The minimum atomic E-state index is -0.775. The summed E-state index contributed by atoms with van der Waals surface area (Å²) in [4.78, 5) is 37.5. The van der Waals surface area contributed by atoms with E-state index in [2.05, 4.69) is 0 Å². The predicted molar refractivity (Wildman–Crippen MR) is 127 cm³/mol. The van der Waals surface area contributed by atoms with Gasteiger partial charge in [-0.05, 0) is 32.3 Å². The predicted octanol–water partition coefficient (Wildman–Crippen LogP) is 2.91. The number of hydrogen-bond donors (Lipinski definition) is 0. The highest BCUT2D eigenvalue weighted by Crippen LogP contribution is 2.34. The molecule has 0 aromatic heterocycles. The standard InChI is InChI=1S/C27H36O9/c1-17(28)34-24-14-25-26(16-33-27(2,3)36-25)35-23(24)13-20(30)19(29)12-22-21(10-7-11-31-22)32-15-18-8-5-4-6-9-18/h4-6,8-9,21-26H,7,10-16H2,1-3H3/t21-,22+,23-,24+,25-,26+/m0/s1. The largest absolute Gasteiger partial charge is 0.460 e. The van der Waals surface area contributed by atoms with Gasteiger partial charge >= 0.3 is 5.97 Å². The molecule has 3 aliphatic rings. The molecule has 0 radical (unpaired) electrons. The summed E-state index contributed by atoms with van der Waals surface area (Å²) >= 11 is 0. The van der Waals surface area contributed by atoms with E-state index in [9.17, 15) is 14.4 Å². The number of esters is 1. The summed E-state index contributed by atoms with van der Waals surface area (Å²) in [6.45, 7) is 6.15. The van der Waals surface area contributed by atoms with E-state index in [1.165, 1.54) is 6.92 Å². The Bertz CT molecular complexity index is 915. The van der Waals surface area contributed by atoms with Gasteiger partial charge in [0.2, 0.25) is 11.6 Å². The molecule has 3 heterocycles. The summed E-state index contributed by atoms with van der Waals surface area (Å²) in [5.41, 5.74) is 1.03. The van der Waals surface area contributed by atoms with Crippen LogP contribution in [0, 0.1) is 0 Å². The van der Waals surface area contributed by atoms with Crippen LogP contribution in [-0.4, -0.2) is 73.2 Å². The molecular weight excluding hydrogens is 468 g/mol. The highest BCUT2D eigenvalue weighted by atomic mass is 16.7. The molecule has 0 unspecified atom stereocenters. The first-order valence-corrected chi connectivity index (χ1v) is 12.7. The Morgan fingerprint density at radius 2 is 1.72 bits per heavy atom. The molecule has 0 N–H and O–H groups in total. The number of carbonyl (C=O) groups is 3. The maximum absolute atomic E-state index is 12.9. The third-order valence-electron chi connectivity index (χ3n) is 6.76. The van der Waals surface area contributed by atoms with Crippen LogP contribution in [-0.2, 0) is 49.4 Å². The Balaban J connectivity index is 1.34. The van der Waals surface area contributed by atoms with Crippen LogP contribution in [0.25, 0.3) is 0 Å². The van der Waals surface area contributed by atoms with Gasteiger partial charge in [0.15, 0.2) is 5.79 Å². The van der Waals surface area contributed by atoms with E-state index < -0.39 is 47.7 Å². The van der Waals surface area contributed by atoms with Gasteiger partial charge in [0.05, 0.1) is 31.5 Å². The van der Waals surface area contributed by atoms with Crippen LogP contribution >= 0.6 is 0 Å². The molecule has 0 spiro atoms. The highest BCUT2D eigenvalue weighted by molar-refractivity contribution is 6.37. The van der Waals surface area contributed by atoms with Gasteiger partial charge in [-0.2, -0.15) is 0 Å². The Labute approximate surface area is 211 Å². The van der Waals surface area contributed by atoms with Crippen LogP contribution < -0.4 is 0 Å². The lowest BCUT2D eigenvalue weighted by atomic mass is 9.92. The molecule has 36 heavy (non-hydrogen) atoms. The van der Waals surface area contributed by atoms with Gasteiger partial charge in [0, 0.05) is 32.8 Å². The monoisotopic (exact) mass is 504 g/mol. The molecule has 0 saturated carbocycles. The van der Waals surface area contributed by atoms with Crippen molar-refractivity contribution < 1.29 is 42.8 Å². The number of Topliss-reactive ketones (excluding diaryl/α,β-unsaturated/α-hetero) is 2. The number of ether oxygens (including phenoxy) is 6. The number of hydrogen-bond acceptors (Lipinski definition) is 9. The molecule has 9 heteroatoms. The highest BCUT2D eigenvalue weighted by Gasteiger charge is 2.47. The number of benzene rings is 1. The minimum absolute atomic E-state index is 0.0598. The van der Waals surface area contributed by atoms with Gasteiger partial charge in [0.25, 0.3) is 0 Å². The first-order chi connectivity index (χ1) is 17.2. The zero-order chi connectivity index (χ0) is 25.7. The average Bonchev–Trinajstić information content (AvgIpc) is 2.84. The summed E-state index contributed by atoms with van der Waals surface area (Å²) in [7, 11) is 0. The third-order valence-corrected chi connectivity index (χ3v) is 6.76. The molecule has 3 aliphatic heterocycles. The summed E-state index contributed by atoms with van der Waals surface area (Å²) < 4.78 is 35.0. The topological polar surface area (TPSA) is 107 Å². The number of rotatable bonds is 9. The first-order valence-electron chi connectivity index (χ1n) is 12.7. The lowest BCUT2D eigenvalue weighted by Crippen LogP contribution is -2.58. The zero-order valence-electron chi connectivity index (χ0n) is 21.2. The number of ketones is 2. The van der Waals surface area contributed by atoms with Crippen molar-refractivity contribution in [3.63, 3.8) is 0 Å². The number of carbonyl (C=O) groups excluding carboxylic acids is 3. The van der Waals surface area contributed by atoms with Crippen molar-refractivity contribution in [1.29, 1.82) is 0 Å². The van der Waals surface area contributed by atoms with Crippen LogP contribution in [0.3, 0.4) is 0 Å². The van der Waals surface area contributed by atoms with E-state index >= 15 is 0 Å². The van der Waals surface area contributed by atoms with Crippen molar-refractivity contribution in [3.8, 4) is 0 Å². The second-order valence-corrected chi connectivity index (χ2v) is 10.1. The quantitative estimate of drug-likeness (QED) is 0.371. The van der Waals surface area contributed by atoms with Gasteiger partial charge in [-0.15, -0.1) is 0 Å². The van der Waals surface area contributed by atoms with Crippen LogP contribution in [0.5, 0.6) is 0 Å². The lowest BCUT2D eigenvalue weighted by molar-refractivity contribution is -0.336. The van der Waals surface area contributed by atoms with E-state index in [-0.39, 0.29) is 25.0 Å². The molecule has 0 amide bonds. The Morgan fingerprint density at radius 1 is 1.00 bits per heavy atom. The fourth-order valence-corrected chi connectivity index (χ4v) is 4.97. The van der Waals surface area contributed by atoms with Crippen molar-refractivity contribution in [2.45, 2.75) is 102 Å². The Hall–Kier alpha value is -2.17. The summed E-state index contributed by atoms with van der Waals surface area (Å²) in [5, 5.41) is 0. The molecule has 1 aromatic carbocycles. The Morgan fingerprint density at radius 3 is 2.44 bits per heavy atom. The third kappa shape index (κ3) is 7.20. The fraction of sp³-hybridized carbons (Fsp3) is 0.667. The number of fused-ring (bicyclic) bond motifs is 1. The lowest BCUT2D eigenvalue weighted by Gasteiger charge is -2.47. The van der Waals surface area contributed by atoms with Gasteiger partial charge in [0.1, 0.15) is 18.3 Å². The van der Waals surface area contributed by atoms with Gasteiger partial charge in [-0.3, -0.25) is 14.4 Å². The molecule has 6 atom stereocenters. The van der Waals surface area contributed by atoms with Gasteiger partial charge in [-0.1, -0.05) is 30.3 Å². The van der Waals surface area contributed by atoms with Crippen molar-refractivity contribution in [1.82, 2.24) is 0 Å². The second kappa shape index (κ2) is 11.9. The van der Waals surface area contributed by atoms with Crippen LogP contribution in [0.15, 0.2) is 30.3 Å². The maximum atomic E-state index is 12.9. The fourth-order valence-electron chi connectivity index (χ4n) is 4.97. The average molecular weight is 505 g/mol. The minimum Gasteiger partial charge on any atom is -0.460 e. The molecule has 198 valence electrons. The second-order valence-electron chi connectivity index (χ2n) is 10.1. The molecule has 9 nitrogen and oxygen atoms in total. The smallest absolute Gasteiger partial charge is 0.302 e. The van der Waals surface area contributed by atoms with Crippen LogP contribution in [0.4, 0.5) is 0 Å². The van der Waals surface area contributed by atoms with Gasteiger partial charge < -0.3 is 28.4 Å². The van der Waals surface area contributed by atoms with Crippen molar-refractivity contribution in [2.75, 3.05) is 13.2 Å². The zero-order valence-corrected chi connectivity index (χ0v) is 21.2. The van der Waals surface area contributed by atoms with Crippen molar-refractivity contribution in [3.05, 3.63) is 35.9 Å².